The summed E-state index contributed by atoms with van der Waals surface area (Å²) in [7, 11) is 0. The number of nitrogens with one attached hydrogen (secondary N) is 4. The zero-order valence-corrected chi connectivity index (χ0v) is 28.7. The second-order valence-corrected chi connectivity index (χ2v) is 14.9. The highest BCUT2D eigenvalue weighted by atomic mass is 16.5. The van der Waals surface area contributed by atoms with Crippen molar-refractivity contribution < 1.29 is 19.1 Å². The molecule has 0 aromatic carbocycles. The first-order valence-corrected chi connectivity index (χ1v) is 16.9. The van der Waals surface area contributed by atoms with Crippen LogP contribution >= 0.6 is 0 Å². The lowest BCUT2D eigenvalue weighted by Gasteiger charge is -2.31. The Labute approximate surface area is 281 Å². The zero-order valence-electron chi connectivity index (χ0n) is 28.7. The van der Waals surface area contributed by atoms with Crippen molar-refractivity contribution in [2.75, 3.05) is 13.2 Å². The average Bonchev–Trinajstić information content (AvgIpc) is 3.90. The Morgan fingerprint density at radius 3 is 1.15 bits per heavy atom. The van der Waals surface area contributed by atoms with E-state index in [1.165, 1.54) is 0 Å². The Morgan fingerprint density at radius 2 is 0.812 bits per heavy atom. The van der Waals surface area contributed by atoms with Gasteiger partial charge in [-0.15, -0.1) is 0 Å². The maximum atomic E-state index is 13.0. The van der Waals surface area contributed by atoms with Gasteiger partial charge in [0.15, 0.2) is 0 Å². The summed E-state index contributed by atoms with van der Waals surface area (Å²) in [6.45, 7) is 13.8. The fourth-order valence-electron chi connectivity index (χ4n) is 7.44. The van der Waals surface area contributed by atoms with Gasteiger partial charge in [0.05, 0.1) is 13.2 Å². The number of carbonyl (C=O) groups excluding carboxylic acids is 2. The topological polar surface area (TPSA) is 129 Å². The Bertz CT molecular complexity index is 1760. The lowest BCUT2D eigenvalue weighted by atomic mass is 9.79. The monoisotopic (exact) mass is 647 g/mol. The molecular formula is C39H45N5O4. The van der Waals surface area contributed by atoms with Gasteiger partial charge < -0.3 is 29.4 Å². The summed E-state index contributed by atoms with van der Waals surface area (Å²) in [6.07, 6.45) is 2.63. The number of ether oxygens (including phenoxy) is 2. The standard InChI is InChI=1S/C39H45N5O4/c1-36(2)26-12-16-30(41-26)38(5)20-8-22-47-34(45)24-10-7-11-25(40-24)35(46)48-23-9-21-39(6,31-17-13-27(36)42-31)33-19-15-29(44-33)37(3,4)28-14-18-32(38)43-28/h7,10-19,41-44H,8-9,20-23H2,1-6H3. The summed E-state index contributed by atoms with van der Waals surface area (Å²) < 4.78 is 11.4. The summed E-state index contributed by atoms with van der Waals surface area (Å²) in [5, 5.41) is 0. The van der Waals surface area contributed by atoms with Gasteiger partial charge in [-0.1, -0.05) is 6.07 Å². The van der Waals surface area contributed by atoms with Crippen molar-refractivity contribution in [3.05, 3.63) is 124 Å². The van der Waals surface area contributed by atoms with Gasteiger partial charge in [0, 0.05) is 67.2 Å². The Hall–Kier alpha value is -4.79. The molecule has 0 radical (unpaired) electrons. The number of aromatic amines is 4. The minimum absolute atomic E-state index is 0.0849. The molecule has 12 bridgehead atoms. The number of pyridine rings is 1. The molecule has 4 N–H and O–H groups in total. The summed E-state index contributed by atoms with van der Waals surface area (Å²) in [4.78, 5) is 45.6. The molecule has 3 aliphatic rings. The Balaban J connectivity index is 1.40. The molecule has 250 valence electrons. The van der Waals surface area contributed by atoms with Crippen LogP contribution in [0.4, 0.5) is 0 Å². The molecule has 0 spiro atoms. The van der Waals surface area contributed by atoms with E-state index >= 15 is 0 Å². The number of hydrogen-bond donors (Lipinski definition) is 4. The third-order valence-corrected chi connectivity index (χ3v) is 11.1. The average molecular weight is 648 g/mol. The maximum absolute atomic E-state index is 13.0. The van der Waals surface area contributed by atoms with Crippen molar-refractivity contribution >= 4 is 11.9 Å². The van der Waals surface area contributed by atoms with Crippen LogP contribution in [0.15, 0.2) is 66.7 Å². The molecule has 8 heterocycles. The second kappa shape index (κ2) is 11.4. The molecule has 3 aliphatic heterocycles. The van der Waals surface area contributed by atoms with E-state index in [-0.39, 0.29) is 35.4 Å². The van der Waals surface area contributed by atoms with Crippen LogP contribution in [0, 0.1) is 0 Å². The van der Waals surface area contributed by atoms with Gasteiger partial charge >= 0.3 is 11.9 Å². The zero-order chi connectivity index (χ0) is 33.9. The number of hydrogen-bond acceptors (Lipinski definition) is 5. The lowest BCUT2D eigenvalue weighted by Crippen LogP contribution is -2.29. The largest absolute Gasteiger partial charge is 0.461 e. The molecule has 5 aromatic heterocycles. The van der Waals surface area contributed by atoms with Crippen LogP contribution in [-0.2, 0) is 31.1 Å². The molecule has 0 fully saturated rings. The van der Waals surface area contributed by atoms with Crippen LogP contribution in [0.5, 0.6) is 0 Å². The highest BCUT2D eigenvalue weighted by molar-refractivity contribution is 5.91. The predicted octanol–water partition coefficient (Wildman–Crippen LogP) is 7.56. The predicted molar refractivity (Wildman–Crippen MR) is 184 cm³/mol. The van der Waals surface area contributed by atoms with E-state index < -0.39 is 22.8 Å². The first kappa shape index (κ1) is 31.8. The summed E-state index contributed by atoms with van der Waals surface area (Å²) >= 11 is 0. The van der Waals surface area contributed by atoms with Crippen molar-refractivity contribution in [1.29, 1.82) is 0 Å². The van der Waals surface area contributed by atoms with Crippen molar-refractivity contribution in [3.8, 4) is 0 Å². The number of H-pyrrole nitrogens is 4. The molecule has 8 rings (SSSR count). The van der Waals surface area contributed by atoms with Crippen molar-refractivity contribution in [1.82, 2.24) is 24.9 Å². The number of fused-ring (bicyclic) bond motifs is 8. The quantitative estimate of drug-likeness (QED) is 0.129. The van der Waals surface area contributed by atoms with Gasteiger partial charge in [-0.3, -0.25) is 0 Å². The van der Waals surface area contributed by atoms with E-state index in [4.69, 9.17) is 9.47 Å². The van der Waals surface area contributed by atoms with E-state index in [0.717, 1.165) is 45.6 Å². The molecule has 0 saturated heterocycles. The fourth-order valence-corrected chi connectivity index (χ4v) is 7.44. The summed E-state index contributed by atoms with van der Waals surface area (Å²) in [5.74, 6) is -1.12. The number of carbonyl (C=O) groups is 2. The van der Waals surface area contributed by atoms with E-state index in [0.29, 0.717) is 25.7 Å². The molecule has 0 atom stereocenters. The minimum atomic E-state index is -0.562. The number of aromatic nitrogens is 5. The third-order valence-electron chi connectivity index (χ3n) is 11.1. The Morgan fingerprint density at radius 1 is 0.500 bits per heavy atom. The first-order chi connectivity index (χ1) is 22.8. The molecule has 48 heavy (non-hydrogen) atoms. The molecule has 9 nitrogen and oxygen atoms in total. The second-order valence-electron chi connectivity index (χ2n) is 14.9. The van der Waals surface area contributed by atoms with Crippen LogP contribution in [0.25, 0.3) is 0 Å². The molecular weight excluding hydrogens is 602 g/mol. The molecule has 0 amide bonds. The number of rotatable bonds is 0. The van der Waals surface area contributed by atoms with Gasteiger partial charge in [-0.25, -0.2) is 14.6 Å². The minimum Gasteiger partial charge on any atom is -0.461 e. The van der Waals surface area contributed by atoms with Gasteiger partial charge in [0.2, 0.25) is 0 Å². The number of nitrogens with zero attached hydrogens (tertiary/aromatic N) is 1. The van der Waals surface area contributed by atoms with Gasteiger partial charge in [0.1, 0.15) is 11.4 Å². The maximum Gasteiger partial charge on any atom is 0.356 e. The molecule has 9 heteroatoms. The van der Waals surface area contributed by atoms with E-state index in [1.54, 1.807) is 18.2 Å². The van der Waals surface area contributed by atoms with Crippen LogP contribution in [0.3, 0.4) is 0 Å². The SMILES string of the molecule is CC1(C)c2ccc([nH]2)C2(C)CCCOC(=O)c3cccc(n3)C(=O)OCCCC(C)(c3ccc1[nH]3)c1ccc([nH]1)C(C)(C)c1ccc2[nH]1. The smallest absolute Gasteiger partial charge is 0.356 e. The first-order valence-electron chi connectivity index (χ1n) is 16.9. The molecule has 0 aliphatic carbocycles. The van der Waals surface area contributed by atoms with Gasteiger partial charge in [0.25, 0.3) is 0 Å². The lowest BCUT2D eigenvalue weighted by molar-refractivity contribution is 0.0477. The summed E-state index contributed by atoms with van der Waals surface area (Å²) in [6, 6.07) is 22.3. The van der Waals surface area contributed by atoms with Crippen LogP contribution in [0.2, 0.25) is 0 Å². The van der Waals surface area contributed by atoms with E-state index in [9.17, 15) is 9.59 Å². The Kier molecular flexibility index (Phi) is 7.57. The van der Waals surface area contributed by atoms with Crippen molar-refractivity contribution in [2.45, 2.75) is 88.9 Å². The molecule has 0 saturated carbocycles. The van der Waals surface area contributed by atoms with Gasteiger partial charge in [-0.2, -0.15) is 0 Å². The van der Waals surface area contributed by atoms with E-state index in [1.807, 2.05) is 0 Å². The number of esters is 2. The molecule has 0 unspecified atom stereocenters. The normalized spacial score (nSPS) is 24.0. The van der Waals surface area contributed by atoms with E-state index in [2.05, 4.69) is 115 Å². The van der Waals surface area contributed by atoms with Crippen molar-refractivity contribution in [2.24, 2.45) is 0 Å². The summed E-state index contributed by atoms with van der Waals surface area (Å²) in [5.41, 5.74) is 7.36. The van der Waals surface area contributed by atoms with Crippen LogP contribution in [-0.4, -0.2) is 50.1 Å². The third kappa shape index (κ3) is 5.20. The van der Waals surface area contributed by atoms with Crippen LogP contribution < -0.4 is 0 Å². The van der Waals surface area contributed by atoms with Crippen molar-refractivity contribution in [3.63, 3.8) is 0 Å². The van der Waals surface area contributed by atoms with Crippen LogP contribution in [0.1, 0.15) is 134 Å². The highest BCUT2D eigenvalue weighted by Crippen LogP contribution is 2.43. The van der Waals surface area contributed by atoms with Gasteiger partial charge in [-0.05, 0) is 128 Å². The molecule has 5 aromatic rings. The highest BCUT2D eigenvalue weighted by Gasteiger charge is 2.39. The fraction of sp³-hybridized carbons (Fsp3) is 0.410.